The van der Waals surface area contributed by atoms with Gasteiger partial charge in [-0.3, -0.25) is 14.9 Å². The van der Waals surface area contributed by atoms with Crippen molar-refractivity contribution in [2.75, 3.05) is 5.32 Å². The molecule has 7 nitrogen and oxygen atoms in total. The maximum absolute atomic E-state index is 12.3. The lowest BCUT2D eigenvalue weighted by molar-refractivity contribution is -0.384. The molecule has 8 heteroatoms. The van der Waals surface area contributed by atoms with E-state index in [1.807, 2.05) is 0 Å². The first-order chi connectivity index (χ1) is 12.9. The molecular weight excluding hydrogens is 372 g/mol. The Labute approximate surface area is 159 Å². The molecule has 1 aromatic heterocycles. The van der Waals surface area contributed by atoms with Crippen LogP contribution >= 0.6 is 11.6 Å². The molecular formula is C19H15ClN2O5. The maximum atomic E-state index is 12.3. The normalized spacial score (nSPS) is 10.4. The number of nitrogens with one attached hydrogen (secondary N) is 1. The number of nitro groups is 1. The highest BCUT2D eigenvalue weighted by Crippen LogP contribution is 2.25. The summed E-state index contributed by atoms with van der Waals surface area (Å²) < 4.78 is 11.1. The zero-order valence-electron chi connectivity index (χ0n) is 14.3. The second-order valence-corrected chi connectivity index (χ2v) is 6.10. The highest BCUT2D eigenvalue weighted by atomic mass is 35.5. The molecule has 138 valence electrons. The van der Waals surface area contributed by atoms with Crippen LogP contribution in [0.4, 0.5) is 11.4 Å². The lowest BCUT2D eigenvalue weighted by Crippen LogP contribution is -2.12. The Morgan fingerprint density at radius 3 is 2.70 bits per heavy atom. The van der Waals surface area contributed by atoms with Crippen molar-refractivity contribution in [2.45, 2.75) is 13.5 Å². The molecule has 0 aliphatic carbocycles. The Hall–Kier alpha value is -3.32. The lowest BCUT2D eigenvalue weighted by Gasteiger charge is -2.07. The van der Waals surface area contributed by atoms with Crippen molar-refractivity contribution in [1.29, 1.82) is 0 Å². The van der Waals surface area contributed by atoms with E-state index in [0.29, 0.717) is 27.8 Å². The van der Waals surface area contributed by atoms with Crippen LogP contribution in [0.2, 0.25) is 5.02 Å². The van der Waals surface area contributed by atoms with E-state index in [1.165, 1.54) is 24.3 Å². The summed E-state index contributed by atoms with van der Waals surface area (Å²) in [6, 6.07) is 14.4. The van der Waals surface area contributed by atoms with Gasteiger partial charge in [0.15, 0.2) is 5.76 Å². The zero-order valence-corrected chi connectivity index (χ0v) is 15.0. The first-order valence-electron chi connectivity index (χ1n) is 7.96. The monoisotopic (exact) mass is 386 g/mol. The van der Waals surface area contributed by atoms with E-state index in [9.17, 15) is 14.9 Å². The number of non-ortho nitro benzene ring substituents is 1. The van der Waals surface area contributed by atoms with Gasteiger partial charge in [-0.05, 0) is 42.8 Å². The topological polar surface area (TPSA) is 94.6 Å². The number of hydrogen-bond acceptors (Lipinski definition) is 5. The minimum atomic E-state index is -0.490. The largest absolute Gasteiger partial charge is 0.484 e. The van der Waals surface area contributed by atoms with Gasteiger partial charge in [-0.15, -0.1) is 0 Å². The van der Waals surface area contributed by atoms with Crippen molar-refractivity contribution in [3.8, 4) is 5.75 Å². The van der Waals surface area contributed by atoms with Crippen LogP contribution in [0.3, 0.4) is 0 Å². The number of amides is 1. The summed E-state index contributed by atoms with van der Waals surface area (Å²) in [4.78, 5) is 22.6. The Morgan fingerprint density at radius 1 is 1.22 bits per heavy atom. The third-order valence-electron chi connectivity index (χ3n) is 3.76. The number of halogens is 1. The third-order valence-corrected chi connectivity index (χ3v) is 4.07. The third kappa shape index (κ3) is 4.45. The molecule has 1 heterocycles. The van der Waals surface area contributed by atoms with Crippen molar-refractivity contribution in [3.63, 3.8) is 0 Å². The van der Waals surface area contributed by atoms with Crippen LogP contribution in [0.25, 0.3) is 0 Å². The van der Waals surface area contributed by atoms with Crippen LogP contribution in [0.1, 0.15) is 21.9 Å². The molecule has 0 fully saturated rings. The van der Waals surface area contributed by atoms with Gasteiger partial charge in [-0.1, -0.05) is 23.7 Å². The number of anilines is 1. The van der Waals surface area contributed by atoms with E-state index in [4.69, 9.17) is 20.8 Å². The second-order valence-electron chi connectivity index (χ2n) is 5.70. The number of nitro benzene ring substituents is 1. The van der Waals surface area contributed by atoms with Crippen LogP contribution in [0.15, 0.2) is 59.0 Å². The van der Waals surface area contributed by atoms with Crippen LogP contribution < -0.4 is 10.1 Å². The molecule has 0 saturated heterocycles. The number of benzene rings is 2. The number of hydrogen-bond donors (Lipinski definition) is 1. The highest BCUT2D eigenvalue weighted by Gasteiger charge is 2.15. The molecule has 3 rings (SSSR count). The quantitative estimate of drug-likeness (QED) is 0.476. The molecule has 0 atom stereocenters. The molecule has 0 unspecified atom stereocenters. The van der Waals surface area contributed by atoms with E-state index < -0.39 is 10.8 Å². The minimum Gasteiger partial charge on any atom is -0.484 e. The molecule has 0 spiro atoms. The Bertz CT molecular complexity index is 999. The summed E-state index contributed by atoms with van der Waals surface area (Å²) >= 11 is 6.02. The summed E-state index contributed by atoms with van der Waals surface area (Å²) in [6.07, 6.45) is 0. The maximum Gasteiger partial charge on any atom is 0.291 e. The van der Waals surface area contributed by atoms with Crippen molar-refractivity contribution in [1.82, 2.24) is 0 Å². The number of nitrogens with zero attached hydrogens (tertiary/aromatic N) is 1. The van der Waals surface area contributed by atoms with E-state index in [1.54, 1.807) is 37.3 Å². The fraction of sp³-hybridized carbons (Fsp3) is 0.105. The molecule has 2 aromatic carbocycles. The smallest absolute Gasteiger partial charge is 0.291 e. The van der Waals surface area contributed by atoms with E-state index in [2.05, 4.69) is 5.32 Å². The van der Waals surface area contributed by atoms with Gasteiger partial charge >= 0.3 is 0 Å². The molecule has 0 saturated carbocycles. The van der Waals surface area contributed by atoms with Gasteiger partial charge in [0.05, 0.1) is 9.95 Å². The van der Waals surface area contributed by atoms with Gasteiger partial charge in [0.1, 0.15) is 18.1 Å². The summed E-state index contributed by atoms with van der Waals surface area (Å²) in [5, 5.41) is 13.9. The molecule has 27 heavy (non-hydrogen) atoms. The van der Waals surface area contributed by atoms with E-state index in [-0.39, 0.29) is 18.1 Å². The second kappa shape index (κ2) is 7.92. The lowest BCUT2D eigenvalue weighted by atomic mass is 10.2. The average Bonchev–Trinajstić information content (AvgIpc) is 3.11. The number of para-hydroxylation sites is 1. The van der Waals surface area contributed by atoms with Crippen LogP contribution in [-0.4, -0.2) is 10.8 Å². The summed E-state index contributed by atoms with van der Waals surface area (Å²) in [6.45, 7) is 1.79. The van der Waals surface area contributed by atoms with Gasteiger partial charge in [-0.25, -0.2) is 0 Å². The van der Waals surface area contributed by atoms with Crippen LogP contribution in [-0.2, 0) is 6.61 Å². The number of rotatable bonds is 6. The molecule has 1 amide bonds. The van der Waals surface area contributed by atoms with Crippen LogP contribution in [0.5, 0.6) is 5.75 Å². The van der Waals surface area contributed by atoms with Gasteiger partial charge < -0.3 is 14.5 Å². The number of carbonyl (C=O) groups excluding carboxylic acids is 1. The summed E-state index contributed by atoms with van der Waals surface area (Å²) in [5.74, 6) is 0.616. The van der Waals surface area contributed by atoms with Gasteiger partial charge in [0, 0.05) is 17.8 Å². The van der Waals surface area contributed by atoms with Gasteiger partial charge in [-0.2, -0.15) is 0 Å². The van der Waals surface area contributed by atoms with Gasteiger partial charge in [0.2, 0.25) is 0 Å². The Morgan fingerprint density at radius 2 is 2.00 bits per heavy atom. The molecule has 0 aliphatic heterocycles. The average molecular weight is 387 g/mol. The Balaban J connectivity index is 1.65. The summed E-state index contributed by atoms with van der Waals surface area (Å²) in [5.41, 5.74) is 1.00. The molecule has 0 bridgehead atoms. The first-order valence-corrected chi connectivity index (χ1v) is 8.34. The highest BCUT2D eigenvalue weighted by molar-refractivity contribution is 6.32. The number of carbonyl (C=O) groups is 1. The molecule has 3 aromatic rings. The van der Waals surface area contributed by atoms with E-state index >= 15 is 0 Å². The standard InChI is InChI=1S/C19H15ClN2O5/c1-12-10-13(22(24)25)6-8-16(12)21-19(23)18-9-7-14(27-18)11-26-17-5-3-2-4-15(17)20/h2-10H,11H2,1H3,(H,21,23). The number of ether oxygens (including phenoxy) is 1. The van der Waals surface area contributed by atoms with Gasteiger partial charge in [0.25, 0.3) is 11.6 Å². The van der Waals surface area contributed by atoms with E-state index in [0.717, 1.165) is 0 Å². The van der Waals surface area contributed by atoms with Crippen molar-refractivity contribution in [2.24, 2.45) is 0 Å². The number of furan rings is 1. The van der Waals surface area contributed by atoms with Crippen LogP contribution in [0, 0.1) is 17.0 Å². The SMILES string of the molecule is Cc1cc([N+](=O)[O-])ccc1NC(=O)c1ccc(COc2ccccc2Cl)o1. The number of aryl methyl sites for hydroxylation is 1. The molecule has 0 aliphatic rings. The fourth-order valence-electron chi connectivity index (χ4n) is 2.37. The summed E-state index contributed by atoms with van der Waals surface area (Å²) in [7, 11) is 0. The van der Waals surface area contributed by atoms with Crippen molar-refractivity contribution in [3.05, 3.63) is 86.8 Å². The molecule has 0 radical (unpaired) electrons. The zero-order chi connectivity index (χ0) is 19.4. The Kier molecular flexibility index (Phi) is 5.42. The predicted molar refractivity (Wildman–Crippen MR) is 100 cm³/mol. The first kappa shape index (κ1) is 18.5. The minimum absolute atomic E-state index is 0.0393. The van der Waals surface area contributed by atoms with Crippen molar-refractivity contribution < 1.29 is 18.9 Å². The molecule has 1 N–H and O–H groups in total. The fourth-order valence-corrected chi connectivity index (χ4v) is 2.56. The van der Waals surface area contributed by atoms with Crippen molar-refractivity contribution >= 4 is 28.9 Å². The predicted octanol–water partition coefficient (Wildman–Crippen LogP) is 4.98.